The fourth-order valence-electron chi connectivity index (χ4n) is 1.92. The summed E-state index contributed by atoms with van der Waals surface area (Å²) in [6.45, 7) is 9.56. The first kappa shape index (κ1) is 17.8. The molecule has 0 saturated heterocycles. The zero-order chi connectivity index (χ0) is 15.9. The third kappa shape index (κ3) is 6.36. The van der Waals surface area contributed by atoms with Gasteiger partial charge in [-0.1, -0.05) is 6.07 Å². The first-order valence-corrected chi connectivity index (χ1v) is 7.50. The molecule has 1 rings (SSSR count). The molecule has 4 nitrogen and oxygen atoms in total. The summed E-state index contributed by atoms with van der Waals surface area (Å²) in [7, 11) is 3.62. The van der Waals surface area contributed by atoms with E-state index in [1.807, 2.05) is 46.9 Å². The molecular weight excluding hydrogens is 266 g/mol. The van der Waals surface area contributed by atoms with Gasteiger partial charge in [0.05, 0.1) is 19.8 Å². The highest BCUT2D eigenvalue weighted by atomic mass is 16.6. The molecule has 0 spiro atoms. The van der Waals surface area contributed by atoms with E-state index < -0.39 is 5.60 Å². The van der Waals surface area contributed by atoms with Crippen LogP contribution in [0, 0.1) is 0 Å². The molecule has 0 saturated carbocycles. The Balaban J connectivity index is 2.77. The number of methoxy groups -OCH3 is 1. The molecule has 0 atom stereocenters. The van der Waals surface area contributed by atoms with E-state index in [2.05, 4.69) is 11.4 Å². The molecule has 0 amide bonds. The topological polar surface area (TPSA) is 39.7 Å². The van der Waals surface area contributed by atoms with E-state index in [1.54, 1.807) is 7.11 Å². The lowest BCUT2D eigenvalue weighted by Crippen LogP contribution is -2.35. The Hall–Kier alpha value is -1.26. The van der Waals surface area contributed by atoms with Crippen molar-refractivity contribution in [2.24, 2.45) is 0 Å². The Morgan fingerprint density at radius 3 is 2.48 bits per heavy atom. The van der Waals surface area contributed by atoms with E-state index in [0.717, 1.165) is 24.5 Å². The summed E-state index contributed by atoms with van der Waals surface area (Å²) in [4.78, 5) is 0. The summed E-state index contributed by atoms with van der Waals surface area (Å²) >= 11 is 0. The standard InChI is InChI=1S/C17H29NO3/c1-13(2)20-12-17(3,4)21-15-8-7-14(9-10-18-5)11-16(15)19-6/h7-8,11,13,18H,9-10,12H2,1-6H3. The molecule has 0 aromatic heterocycles. The third-order valence-corrected chi connectivity index (χ3v) is 3.04. The van der Waals surface area contributed by atoms with Gasteiger partial charge in [0.1, 0.15) is 5.60 Å². The van der Waals surface area contributed by atoms with Crippen LogP contribution in [0.15, 0.2) is 18.2 Å². The summed E-state index contributed by atoms with van der Waals surface area (Å²) in [5.74, 6) is 1.52. The van der Waals surface area contributed by atoms with Crippen molar-refractivity contribution < 1.29 is 14.2 Å². The number of hydrogen-bond acceptors (Lipinski definition) is 4. The molecule has 0 unspecified atom stereocenters. The van der Waals surface area contributed by atoms with Crippen molar-refractivity contribution >= 4 is 0 Å². The lowest BCUT2D eigenvalue weighted by molar-refractivity contribution is -0.0286. The fraction of sp³-hybridized carbons (Fsp3) is 0.647. The number of likely N-dealkylation sites (N-methyl/N-ethyl adjacent to an activating group) is 1. The molecule has 0 aliphatic carbocycles. The van der Waals surface area contributed by atoms with Crippen LogP contribution in [-0.2, 0) is 11.2 Å². The predicted octanol–water partition coefficient (Wildman–Crippen LogP) is 3.04. The summed E-state index contributed by atoms with van der Waals surface area (Å²) in [5.41, 5.74) is 0.828. The molecule has 4 heteroatoms. The van der Waals surface area contributed by atoms with E-state index in [0.29, 0.717) is 6.61 Å². The van der Waals surface area contributed by atoms with Crippen LogP contribution in [0.25, 0.3) is 0 Å². The fourth-order valence-corrected chi connectivity index (χ4v) is 1.92. The first-order valence-electron chi connectivity index (χ1n) is 7.50. The monoisotopic (exact) mass is 295 g/mol. The van der Waals surface area contributed by atoms with Crippen LogP contribution in [-0.4, -0.2) is 39.0 Å². The number of nitrogens with one attached hydrogen (secondary N) is 1. The second kappa shape index (κ2) is 8.25. The second-order valence-corrected chi connectivity index (χ2v) is 6.06. The minimum Gasteiger partial charge on any atom is -0.493 e. The highest BCUT2D eigenvalue weighted by molar-refractivity contribution is 5.43. The van der Waals surface area contributed by atoms with Crippen LogP contribution in [0.4, 0.5) is 0 Å². The number of rotatable bonds is 9. The summed E-state index contributed by atoms with van der Waals surface area (Å²) in [6, 6.07) is 6.08. The Labute approximate surface area is 128 Å². The Morgan fingerprint density at radius 2 is 1.90 bits per heavy atom. The maximum atomic E-state index is 6.07. The second-order valence-electron chi connectivity index (χ2n) is 6.06. The number of benzene rings is 1. The molecule has 1 aromatic carbocycles. The minimum atomic E-state index is -0.399. The first-order chi connectivity index (χ1) is 9.88. The van der Waals surface area contributed by atoms with Crippen molar-refractivity contribution in [3.63, 3.8) is 0 Å². The van der Waals surface area contributed by atoms with E-state index in [9.17, 15) is 0 Å². The van der Waals surface area contributed by atoms with Gasteiger partial charge in [-0.3, -0.25) is 0 Å². The molecular formula is C17H29NO3. The van der Waals surface area contributed by atoms with Gasteiger partial charge in [-0.2, -0.15) is 0 Å². The van der Waals surface area contributed by atoms with Crippen molar-refractivity contribution in [3.05, 3.63) is 23.8 Å². The van der Waals surface area contributed by atoms with Crippen LogP contribution in [0.5, 0.6) is 11.5 Å². The van der Waals surface area contributed by atoms with Gasteiger partial charge >= 0.3 is 0 Å². The molecule has 0 radical (unpaired) electrons. The average molecular weight is 295 g/mol. The van der Waals surface area contributed by atoms with Gasteiger partial charge in [-0.05, 0) is 65.4 Å². The lowest BCUT2D eigenvalue weighted by Gasteiger charge is -2.28. The van der Waals surface area contributed by atoms with Gasteiger partial charge in [-0.25, -0.2) is 0 Å². The van der Waals surface area contributed by atoms with Crippen LogP contribution in [0.1, 0.15) is 33.3 Å². The third-order valence-electron chi connectivity index (χ3n) is 3.04. The molecule has 21 heavy (non-hydrogen) atoms. The van der Waals surface area contributed by atoms with Gasteiger partial charge in [0, 0.05) is 0 Å². The van der Waals surface area contributed by atoms with Crippen molar-refractivity contribution in [2.75, 3.05) is 27.3 Å². The van der Waals surface area contributed by atoms with Gasteiger partial charge in [0.15, 0.2) is 11.5 Å². The minimum absolute atomic E-state index is 0.193. The zero-order valence-electron chi connectivity index (χ0n) is 14.2. The average Bonchev–Trinajstić information content (AvgIpc) is 2.44. The highest BCUT2D eigenvalue weighted by Gasteiger charge is 2.22. The van der Waals surface area contributed by atoms with Crippen molar-refractivity contribution in [1.82, 2.24) is 5.32 Å². The van der Waals surface area contributed by atoms with E-state index in [4.69, 9.17) is 14.2 Å². The normalized spacial score (nSPS) is 11.8. The predicted molar refractivity (Wildman–Crippen MR) is 86.4 cm³/mol. The molecule has 1 N–H and O–H groups in total. The maximum Gasteiger partial charge on any atom is 0.162 e. The van der Waals surface area contributed by atoms with Gasteiger partial charge in [0.25, 0.3) is 0 Å². The Kier molecular flexibility index (Phi) is 6.99. The van der Waals surface area contributed by atoms with E-state index in [-0.39, 0.29) is 6.10 Å². The van der Waals surface area contributed by atoms with Crippen LogP contribution < -0.4 is 14.8 Å². The molecule has 0 aliphatic heterocycles. The Bertz CT molecular complexity index is 430. The highest BCUT2D eigenvalue weighted by Crippen LogP contribution is 2.31. The van der Waals surface area contributed by atoms with Crippen molar-refractivity contribution in [3.8, 4) is 11.5 Å². The van der Waals surface area contributed by atoms with Gasteiger partial charge in [-0.15, -0.1) is 0 Å². The SMILES string of the molecule is CNCCc1ccc(OC(C)(C)COC(C)C)c(OC)c1. The van der Waals surface area contributed by atoms with Crippen LogP contribution in [0.3, 0.4) is 0 Å². The molecule has 120 valence electrons. The van der Waals surface area contributed by atoms with E-state index >= 15 is 0 Å². The summed E-state index contributed by atoms with van der Waals surface area (Å²) in [6.07, 6.45) is 1.16. The van der Waals surface area contributed by atoms with E-state index in [1.165, 1.54) is 5.56 Å². The lowest BCUT2D eigenvalue weighted by atomic mass is 10.1. The van der Waals surface area contributed by atoms with Crippen LogP contribution >= 0.6 is 0 Å². The molecule has 0 bridgehead atoms. The summed E-state index contributed by atoms with van der Waals surface area (Å²) in [5, 5.41) is 3.15. The van der Waals surface area contributed by atoms with Crippen molar-refractivity contribution in [1.29, 1.82) is 0 Å². The van der Waals surface area contributed by atoms with Crippen molar-refractivity contribution in [2.45, 2.75) is 45.8 Å². The van der Waals surface area contributed by atoms with Gasteiger partial charge in [0.2, 0.25) is 0 Å². The molecule has 0 aliphatic rings. The quantitative estimate of drug-likeness (QED) is 0.760. The maximum absolute atomic E-state index is 6.07. The number of ether oxygens (including phenoxy) is 3. The number of hydrogen-bond donors (Lipinski definition) is 1. The smallest absolute Gasteiger partial charge is 0.162 e. The summed E-state index contributed by atoms with van der Waals surface area (Å²) < 4.78 is 17.2. The van der Waals surface area contributed by atoms with Gasteiger partial charge < -0.3 is 19.5 Å². The Morgan fingerprint density at radius 1 is 1.19 bits per heavy atom. The molecule has 0 fully saturated rings. The largest absolute Gasteiger partial charge is 0.493 e. The van der Waals surface area contributed by atoms with Crippen LogP contribution in [0.2, 0.25) is 0 Å². The molecule has 1 aromatic rings. The zero-order valence-corrected chi connectivity index (χ0v) is 14.2. The molecule has 0 heterocycles.